The highest BCUT2D eigenvalue weighted by molar-refractivity contribution is 7.80. The van der Waals surface area contributed by atoms with Crippen molar-refractivity contribution in [1.82, 2.24) is 0 Å². The molecule has 0 fully saturated rings. The van der Waals surface area contributed by atoms with E-state index in [4.69, 9.17) is 4.42 Å². The quantitative estimate of drug-likeness (QED) is 0.801. The lowest BCUT2D eigenvalue weighted by Crippen LogP contribution is -1.93. The second kappa shape index (κ2) is 4.69. The SMILES string of the molecule is Cc1occc1C1=CC(CCS)c2ccccc21. The van der Waals surface area contributed by atoms with Crippen LogP contribution in [0.4, 0.5) is 0 Å². The molecule has 1 aliphatic rings. The van der Waals surface area contributed by atoms with Gasteiger partial charge in [0.05, 0.1) is 6.26 Å². The van der Waals surface area contributed by atoms with Crippen LogP contribution in [0.3, 0.4) is 0 Å². The first-order valence-electron chi connectivity index (χ1n) is 6.27. The zero-order valence-corrected chi connectivity index (χ0v) is 11.3. The molecule has 0 N–H and O–H groups in total. The van der Waals surface area contributed by atoms with Gasteiger partial charge >= 0.3 is 0 Å². The van der Waals surface area contributed by atoms with Gasteiger partial charge in [-0.15, -0.1) is 0 Å². The van der Waals surface area contributed by atoms with Gasteiger partial charge in [0.2, 0.25) is 0 Å². The predicted molar refractivity (Wildman–Crippen MR) is 78.2 cm³/mol. The Morgan fingerprint density at radius 3 is 2.72 bits per heavy atom. The van der Waals surface area contributed by atoms with Gasteiger partial charge < -0.3 is 4.42 Å². The summed E-state index contributed by atoms with van der Waals surface area (Å²) in [5, 5.41) is 0. The molecule has 1 unspecified atom stereocenters. The highest BCUT2D eigenvalue weighted by Gasteiger charge is 2.24. The third kappa shape index (κ3) is 1.81. The number of rotatable bonds is 3. The minimum absolute atomic E-state index is 0.489. The maximum Gasteiger partial charge on any atom is 0.108 e. The predicted octanol–water partition coefficient (Wildman–Crippen LogP) is 4.44. The fourth-order valence-electron chi connectivity index (χ4n) is 2.72. The van der Waals surface area contributed by atoms with E-state index in [1.54, 1.807) is 6.26 Å². The second-order valence-electron chi connectivity index (χ2n) is 4.68. The van der Waals surface area contributed by atoms with Crippen LogP contribution in [0.5, 0.6) is 0 Å². The second-order valence-corrected chi connectivity index (χ2v) is 5.12. The summed E-state index contributed by atoms with van der Waals surface area (Å²) in [4.78, 5) is 0. The van der Waals surface area contributed by atoms with Crippen LogP contribution in [0.25, 0.3) is 5.57 Å². The molecule has 0 spiro atoms. The highest BCUT2D eigenvalue weighted by atomic mass is 32.1. The van der Waals surface area contributed by atoms with Crippen LogP contribution < -0.4 is 0 Å². The lowest BCUT2D eigenvalue weighted by Gasteiger charge is -2.08. The average molecular weight is 256 g/mol. The Balaban J connectivity index is 2.11. The third-order valence-electron chi connectivity index (χ3n) is 3.61. The number of thiol groups is 1. The van der Waals surface area contributed by atoms with Gasteiger partial charge in [-0.05, 0) is 41.9 Å². The summed E-state index contributed by atoms with van der Waals surface area (Å²) in [7, 11) is 0. The van der Waals surface area contributed by atoms with Crippen molar-refractivity contribution >= 4 is 18.2 Å². The molecule has 0 radical (unpaired) electrons. The van der Waals surface area contributed by atoms with E-state index in [2.05, 4.69) is 49.0 Å². The van der Waals surface area contributed by atoms with E-state index in [0.717, 1.165) is 17.9 Å². The topological polar surface area (TPSA) is 13.1 Å². The van der Waals surface area contributed by atoms with Crippen LogP contribution in [0.2, 0.25) is 0 Å². The van der Waals surface area contributed by atoms with E-state index < -0.39 is 0 Å². The summed E-state index contributed by atoms with van der Waals surface area (Å²) in [6.07, 6.45) is 5.21. The molecule has 1 aromatic carbocycles. The Kier molecular flexibility index (Phi) is 3.04. The van der Waals surface area contributed by atoms with Gasteiger partial charge in [0.1, 0.15) is 5.76 Å². The fraction of sp³-hybridized carbons (Fsp3) is 0.250. The van der Waals surface area contributed by atoms with E-state index >= 15 is 0 Å². The molecule has 1 aromatic heterocycles. The van der Waals surface area contributed by atoms with Crippen molar-refractivity contribution < 1.29 is 4.42 Å². The van der Waals surface area contributed by atoms with Gasteiger partial charge in [-0.1, -0.05) is 30.3 Å². The maximum absolute atomic E-state index is 5.43. The molecule has 0 aliphatic heterocycles. The molecule has 1 aliphatic carbocycles. The van der Waals surface area contributed by atoms with E-state index in [-0.39, 0.29) is 0 Å². The molecule has 92 valence electrons. The third-order valence-corrected chi connectivity index (χ3v) is 3.87. The first-order chi connectivity index (χ1) is 8.81. The van der Waals surface area contributed by atoms with Gasteiger partial charge in [0.15, 0.2) is 0 Å². The average Bonchev–Trinajstić information content (AvgIpc) is 2.95. The molecule has 0 bridgehead atoms. The van der Waals surface area contributed by atoms with Crippen molar-refractivity contribution in [2.45, 2.75) is 19.3 Å². The lowest BCUT2D eigenvalue weighted by molar-refractivity contribution is 0.533. The molecule has 1 heterocycles. The molecule has 2 aromatic rings. The van der Waals surface area contributed by atoms with Gasteiger partial charge in [-0.2, -0.15) is 12.6 Å². The van der Waals surface area contributed by atoms with Crippen molar-refractivity contribution in [3.8, 4) is 0 Å². The summed E-state index contributed by atoms with van der Waals surface area (Å²) in [5.41, 5.74) is 5.28. The summed E-state index contributed by atoms with van der Waals surface area (Å²) in [5.74, 6) is 2.39. The molecule has 0 saturated carbocycles. The van der Waals surface area contributed by atoms with Gasteiger partial charge in [0.25, 0.3) is 0 Å². The molecule has 18 heavy (non-hydrogen) atoms. The van der Waals surface area contributed by atoms with E-state index in [1.165, 1.54) is 22.3 Å². The first kappa shape index (κ1) is 11.7. The van der Waals surface area contributed by atoms with Crippen LogP contribution in [0.15, 0.2) is 47.1 Å². The number of fused-ring (bicyclic) bond motifs is 1. The minimum atomic E-state index is 0.489. The van der Waals surface area contributed by atoms with Crippen LogP contribution in [0, 0.1) is 6.92 Å². The van der Waals surface area contributed by atoms with Crippen LogP contribution in [-0.2, 0) is 0 Å². The standard InChI is InChI=1S/C16H16OS/c1-11-13(6-8-17-11)16-10-12(7-9-18)14-4-2-3-5-15(14)16/h2-6,8,10,12,18H,7,9H2,1H3. The Morgan fingerprint density at radius 1 is 1.17 bits per heavy atom. The van der Waals surface area contributed by atoms with Gasteiger partial charge in [-0.3, -0.25) is 0 Å². The number of aryl methyl sites for hydroxylation is 1. The molecule has 3 rings (SSSR count). The summed E-state index contributed by atoms with van der Waals surface area (Å²) in [6.45, 7) is 2.02. The van der Waals surface area contributed by atoms with E-state index in [1.807, 2.05) is 6.92 Å². The van der Waals surface area contributed by atoms with Crippen LogP contribution in [0.1, 0.15) is 34.8 Å². The van der Waals surface area contributed by atoms with Crippen LogP contribution >= 0.6 is 12.6 Å². The summed E-state index contributed by atoms with van der Waals surface area (Å²) < 4.78 is 5.43. The molecule has 0 saturated heterocycles. The minimum Gasteiger partial charge on any atom is -0.469 e. The molecule has 0 amide bonds. The van der Waals surface area contributed by atoms with E-state index in [9.17, 15) is 0 Å². The largest absolute Gasteiger partial charge is 0.469 e. The highest BCUT2D eigenvalue weighted by Crippen LogP contribution is 2.41. The molecular formula is C16H16OS. The van der Waals surface area contributed by atoms with Gasteiger partial charge in [0, 0.05) is 11.5 Å². The smallest absolute Gasteiger partial charge is 0.108 e. The summed E-state index contributed by atoms with van der Waals surface area (Å²) in [6, 6.07) is 10.7. The van der Waals surface area contributed by atoms with Gasteiger partial charge in [-0.25, -0.2) is 0 Å². The number of benzene rings is 1. The number of furan rings is 1. The maximum atomic E-state index is 5.43. The Hall–Kier alpha value is -1.41. The zero-order chi connectivity index (χ0) is 12.5. The van der Waals surface area contributed by atoms with Crippen molar-refractivity contribution in [1.29, 1.82) is 0 Å². The monoisotopic (exact) mass is 256 g/mol. The Labute approximate surface area is 113 Å². The zero-order valence-electron chi connectivity index (χ0n) is 10.4. The lowest BCUT2D eigenvalue weighted by atomic mass is 9.97. The fourth-order valence-corrected chi connectivity index (χ4v) is 3.00. The normalized spacial score (nSPS) is 17.7. The molecule has 2 heteroatoms. The number of allylic oxidation sites excluding steroid dienone is 1. The van der Waals surface area contributed by atoms with E-state index in [0.29, 0.717) is 5.92 Å². The molecule has 1 atom stereocenters. The number of hydrogen-bond donors (Lipinski definition) is 1. The summed E-state index contributed by atoms with van der Waals surface area (Å²) >= 11 is 4.36. The first-order valence-corrected chi connectivity index (χ1v) is 6.91. The molecular weight excluding hydrogens is 240 g/mol. The van der Waals surface area contributed by atoms with Crippen molar-refractivity contribution in [3.05, 3.63) is 65.1 Å². The molecule has 1 nitrogen and oxygen atoms in total. The van der Waals surface area contributed by atoms with Crippen molar-refractivity contribution in [3.63, 3.8) is 0 Å². The van der Waals surface area contributed by atoms with Crippen LogP contribution in [-0.4, -0.2) is 5.75 Å². The number of hydrogen-bond acceptors (Lipinski definition) is 2. The Morgan fingerprint density at radius 2 is 2.00 bits per heavy atom. The van der Waals surface area contributed by atoms with Crippen molar-refractivity contribution in [2.24, 2.45) is 0 Å². The Bertz CT molecular complexity index is 595. The van der Waals surface area contributed by atoms with Crippen molar-refractivity contribution in [2.75, 3.05) is 5.75 Å².